The molecule has 5 nitrogen and oxygen atoms in total. The van der Waals surface area contributed by atoms with Crippen LogP contribution in [0.15, 0.2) is 6.20 Å². The van der Waals surface area contributed by atoms with Gasteiger partial charge in [0, 0.05) is 12.5 Å². The molecule has 5 heteroatoms. The fourth-order valence-corrected chi connectivity index (χ4v) is 1.61. The molecule has 1 aromatic heterocycles. The van der Waals surface area contributed by atoms with Crippen molar-refractivity contribution in [3.63, 3.8) is 0 Å². The van der Waals surface area contributed by atoms with E-state index in [9.17, 15) is 0 Å². The highest BCUT2D eigenvalue weighted by Gasteiger charge is 2.12. The Hall–Kier alpha value is -1.20. The second kappa shape index (κ2) is 7.55. The molecule has 0 radical (unpaired) electrons. The van der Waals surface area contributed by atoms with Gasteiger partial charge in [0.25, 0.3) is 0 Å². The number of nitrogens with zero attached hydrogens (tertiary/aromatic N) is 2. The van der Waals surface area contributed by atoms with Gasteiger partial charge < -0.3 is 14.8 Å². The number of ether oxygens (including phenoxy) is 2. The highest BCUT2D eigenvalue weighted by atomic mass is 16.5. The maximum atomic E-state index is 5.73. The molecule has 0 spiro atoms. The molecule has 0 aliphatic carbocycles. The van der Waals surface area contributed by atoms with E-state index in [0.29, 0.717) is 25.7 Å². The van der Waals surface area contributed by atoms with Gasteiger partial charge in [-0.25, -0.2) is 9.97 Å². The van der Waals surface area contributed by atoms with E-state index in [-0.39, 0.29) is 5.60 Å². The normalized spacial score (nSPS) is 11.9. The monoisotopic (exact) mass is 281 g/mol. The number of hydrogen-bond donors (Lipinski definition) is 1. The van der Waals surface area contributed by atoms with Crippen LogP contribution in [0.25, 0.3) is 0 Å². The Morgan fingerprint density at radius 1 is 1.25 bits per heavy atom. The molecule has 0 saturated heterocycles. The van der Waals surface area contributed by atoms with Gasteiger partial charge >= 0.3 is 0 Å². The first-order chi connectivity index (χ1) is 9.33. The third-order valence-corrected chi connectivity index (χ3v) is 2.58. The summed E-state index contributed by atoms with van der Waals surface area (Å²) in [5, 5.41) is 3.10. The fourth-order valence-electron chi connectivity index (χ4n) is 1.61. The average Bonchev–Trinajstić information content (AvgIpc) is 2.35. The molecule has 0 unspecified atom stereocenters. The van der Waals surface area contributed by atoms with E-state index in [1.807, 2.05) is 27.8 Å². The number of hydrogen-bond acceptors (Lipinski definition) is 5. The summed E-state index contributed by atoms with van der Waals surface area (Å²) in [5.41, 5.74) is 0.747. The van der Waals surface area contributed by atoms with E-state index in [4.69, 9.17) is 9.47 Å². The number of aromatic nitrogens is 2. The van der Waals surface area contributed by atoms with Crippen LogP contribution in [0.5, 0.6) is 5.75 Å². The quantitative estimate of drug-likeness (QED) is 0.778. The van der Waals surface area contributed by atoms with Crippen molar-refractivity contribution in [1.29, 1.82) is 0 Å². The van der Waals surface area contributed by atoms with Crippen LogP contribution in [0.4, 0.5) is 0 Å². The van der Waals surface area contributed by atoms with E-state index in [2.05, 4.69) is 29.1 Å². The molecule has 1 heterocycles. The zero-order valence-corrected chi connectivity index (χ0v) is 13.5. The van der Waals surface area contributed by atoms with Crippen molar-refractivity contribution in [3.8, 4) is 5.75 Å². The van der Waals surface area contributed by atoms with Gasteiger partial charge in [0.2, 0.25) is 0 Å². The van der Waals surface area contributed by atoms with Gasteiger partial charge in [0.1, 0.15) is 12.4 Å². The van der Waals surface area contributed by atoms with Crippen LogP contribution in [-0.2, 0) is 11.3 Å². The van der Waals surface area contributed by atoms with Crippen LogP contribution in [0.2, 0.25) is 0 Å². The van der Waals surface area contributed by atoms with Crippen molar-refractivity contribution in [2.24, 2.45) is 0 Å². The van der Waals surface area contributed by atoms with Crippen molar-refractivity contribution < 1.29 is 9.47 Å². The van der Waals surface area contributed by atoms with E-state index in [0.717, 1.165) is 17.3 Å². The van der Waals surface area contributed by atoms with Crippen LogP contribution < -0.4 is 10.1 Å². The first kappa shape index (κ1) is 16.9. The minimum Gasteiger partial charge on any atom is -0.488 e. The fraction of sp³-hybridized carbons (Fsp3) is 0.733. The summed E-state index contributed by atoms with van der Waals surface area (Å²) in [5.74, 6) is 1.87. The van der Waals surface area contributed by atoms with Crippen LogP contribution >= 0.6 is 0 Å². The molecular formula is C15H27N3O2. The smallest absolute Gasteiger partial charge is 0.160 e. The van der Waals surface area contributed by atoms with Gasteiger partial charge in [0.05, 0.1) is 24.1 Å². The van der Waals surface area contributed by atoms with Gasteiger partial charge in [-0.05, 0) is 27.8 Å². The van der Waals surface area contributed by atoms with E-state index in [1.165, 1.54) is 0 Å². The zero-order chi connectivity index (χ0) is 15.2. The van der Waals surface area contributed by atoms with E-state index in [1.54, 1.807) is 6.20 Å². The third kappa shape index (κ3) is 5.84. The van der Waals surface area contributed by atoms with Crippen LogP contribution in [0.3, 0.4) is 0 Å². The van der Waals surface area contributed by atoms with Crippen molar-refractivity contribution in [1.82, 2.24) is 15.3 Å². The van der Waals surface area contributed by atoms with Crippen molar-refractivity contribution >= 4 is 0 Å². The lowest BCUT2D eigenvalue weighted by molar-refractivity contribution is -0.0164. The van der Waals surface area contributed by atoms with Gasteiger partial charge in [-0.3, -0.25) is 0 Å². The lowest BCUT2D eigenvalue weighted by Crippen LogP contribution is -2.23. The molecule has 0 amide bonds. The molecule has 20 heavy (non-hydrogen) atoms. The predicted molar refractivity (Wildman–Crippen MR) is 80.1 cm³/mol. The Balaban J connectivity index is 2.64. The Morgan fingerprint density at radius 2 is 1.95 bits per heavy atom. The average molecular weight is 281 g/mol. The molecule has 1 aromatic rings. The Morgan fingerprint density at radius 3 is 2.50 bits per heavy atom. The summed E-state index contributed by atoms with van der Waals surface area (Å²) >= 11 is 0. The topological polar surface area (TPSA) is 56.3 Å². The minimum atomic E-state index is -0.144. The zero-order valence-electron chi connectivity index (χ0n) is 13.5. The van der Waals surface area contributed by atoms with Crippen LogP contribution in [0, 0.1) is 0 Å². The van der Waals surface area contributed by atoms with Gasteiger partial charge in [-0.1, -0.05) is 13.8 Å². The second-order valence-corrected chi connectivity index (χ2v) is 6.03. The molecule has 0 aliphatic rings. The van der Waals surface area contributed by atoms with Gasteiger partial charge in [0.15, 0.2) is 5.75 Å². The summed E-state index contributed by atoms with van der Waals surface area (Å²) < 4.78 is 11.4. The minimum absolute atomic E-state index is 0.144. The van der Waals surface area contributed by atoms with Crippen molar-refractivity contribution in [2.45, 2.75) is 52.7 Å². The molecule has 1 N–H and O–H groups in total. The molecule has 0 aliphatic heterocycles. The molecular weight excluding hydrogens is 254 g/mol. The highest BCUT2D eigenvalue weighted by molar-refractivity contribution is 5.25. The third-order valence-electron chi connectivity index (χ3n) is 2.58. The van der Waals surface area contributed by atoms with Gasteiger partial charge in [-0.15, -0.1) is 0 Å². The summed E-state index contributed by atoms with van der Waals surface area (Å²) in [4.78, 5) is 8.89. The van der Waals surface area contributed by atoms with Crippen molar-refractivity contribution in [2.75, 3.05) is 20.3 Å². The largest absolute Gasteiger partial charge is 0.488 e. The Bertz CT molecular complexity index is 414. The number of rotatable bonds is 7. The lowest BCUT2D eigenvalue weighted by Gasteiger charge is -2.20. The standard InChI is InChI=1S/C15H27N3O2/c1-11(2)14-17-10-13(12(18-14)9-16-6)19-7-8-20-15(3,4)5/h10-11,16H,7-9H2,1-6H3. The highest BCUT2D eigenvalue weighted by Crippen LogP contribution is 2.18. The SMILES string of the molecule is CNCc1nc(C(C)C)ncc1OCCOC(C)(C)C. The summed E-state index contributed by atoms with van der Waals surface area (Å²) in [7, 11) is 1.89. The Kier molecular flexibility index (Phi) is 6.36. The van der Waals surface area contributed by atoms with E-state index >= 15 is 0 Å². The first-order valence-corrected chi connectivity index (χ1v) is 7.10. The Labute approximate surface area is 122 Å². The second-order valence-electron chi connectivity index (χ2n) is 6.03. The maximum absolute atomic E-state index is 5.73. The molecule has 0 saturated carbocycles. The summed E-state index contributed by atoms with van der Waals surface area (Å²) in [6.45, 7) is 12.0. The summed E-state index contributed by atoms with van der Waals surface area (Å²) in [6.07, 6.45) is 1.76. The summed E-state index contributed by atoms with van der Waals surface area (Å²) in [6, 6.07) is 0. The van der Waals surface area contributed by atoms with E-state index < -0.39 is 0 Å². The van der Waals surface area contributed by atoms with Crippen molar-refractivity contribution in [3.05, 3.63) is 17.7 Å². The molecule has 0 aromatic carbocycles. The molecule has 114 valence electrons. The lowest BCUT2D eigenvalue weighted by atomic mass is 10.2. The predicted octanol–water partition coefficient (Wildman–Crippen LogP) is 2.51. The number of nitrogens with one attached hydrogen (secondary N) is 1. The maximum Gasteiger partial charge on any atom is 0.160 e. The van der Waals surface area contributed by atoms with Crippen LogP contribution in [-0.4, -0.2) is 35.8 Å². The van der Waals surface area contributed by atoms with Crippen LogP contribution in [0.1, 0.15) is 52.1 Å². The molecule has 0 bridgehead atoms. The molecule has 0 fully saturated rings. The molecule has 1 rings (SSSR count). The molecule has 0 atom stereocenters. The van der Waals surface area contributed by atoms with Gasteiger partial charge in [-0.2, -0.15) is 0 Å². The first-order valence-electron chi connectivity index (χ1n) is 7.10.